The molecule has 0 spiro atoms. The topological polar surface area (TPSA) is 76.7 Å². The first-order valence-corrected chi connectivity index (χ1v) is 8.96. The highest BCUT2D eigenvalue weighted by molar-refractivity contribution is 7.88. The minimum absolute atomic E-state index is 0.424. The largest absolute Gasteiger partial charge is 0.486 e. The van der Waals surface area contributed by atoms with Crippen molar-refractivity contribution in [2.75, 3.05) is 32.6 Å². The molecule has 2 rings (SSSR count). The fraction of sp³-hybridized carbons (Fsp3) is 0.538. The Labute approximate surface area is 129 Å². The number of sulfonamides is 1. The second kappa shape index (κ2) is 7.31. The van der Waals surface area contributed by atoms with Crippen molar-refractivity contribution in [2.24, 2.45) is 0 Å². The predicted octanol–water partition coefficient (Wildman–Crippen LogP) is 1.14. The van der Waals surface area contributed by atoms with Crippen LogP contribution in [0, 0.1) is 0 Å². The molecule has 0 bridgehead atoms. The van der Waals surface area contributed by atoms with Crippen LogP contribution in [0.4, 0.5) is 0 Å². The molecule has 2 N–H and O–H groups in total. The molecule has 0 unspecified atom stereocenters. The van der Waals surface area contributed by atoms with Gasteiger partial charge in [0.25, 0.3) is 0 Å². The van der Waals surface area contributed by atoms with Crippen LogP contribution < -0.4 is 19.5 Å². The zero-order valence-electron chi connectivity index (χ0n) is 11.8. The minimum atomic E-state index is -3.11. The Morgan fingerprint density at radius 1 is 1.24 bits per heavy atom. The number of benzene rings is 1. The van der Waals surface area contributed by atoms with E-state index < -0.39 is 10.0 Å². The van der Waals surface area contributed by atoms with Gasteiger partial charge in [-0.2, -0.15) is 0 Å². The molecule has 0 radical (unpaired) electrons. The summed E-state index contributed by atoms with van der Waals surface area (Å²) in [4.78, 5) is 0. The third-order valence-corrected chi connectivity index (χ3v) is 3.89. The number of hydrogen-bond donors (Lipinski definition) is 2. The molecule has 0 fully saturated rings. The van der Waals surface area contributed by atoms with Crippen molar-refractivity contribution in [3.8, 4) is 11.5 Å². The average molecular weight is 335 g/mol. The van der Waals surface area contributed by atoms with E-state index in [9.17, 15) is 8.42 Å². The number of hydrogen-bond acceptors (Lipinski definition) is 5. The molecule has 6 nitrogen and oxygen atoms in total. The summed E-state index contributed by atoms with van der Waals surface area (Å²) in [5, 5.41) is 3.78. The minimum Gasteiger partial charge on any atom is -0.486 e. The molecule has 0 aromatic heterocycles. The number of ether oxygens (including phenoxy) is 2. The Morgan fingerprint density at radius 3 is 2.76 bits per heavy atom. The zero-order chi connectivity index (χ0) is 15.3. The number of nitrogens with one attached hydrogen (secondary N) is 2. The standard InChI is InChI=1S/C13H19ClN2O4S/c1-21(17,18)16-4-2-3-15-9-10-7-11(14)13-12(8-10)19-5-6-20-13/h7-8,15-16H,2-6,9H2,1H3. The molecule has 1 heterocycles. The maximum Gasteiger partial charge on any atom is 0.208 e. The molecule has 0 atom stereocenters. The van der Waals surface area contributed by atoms with E-state index in [0.717, 1.165) is 11.8 Å². The molecular weight excluding hydrogens is 316 g/mol. The quantitative estimate of drug-likeness (QED) is 0.731. The van der Waals surface area contributed by atoms with E-state index in [1.165, 1.54) is 0 Å². The summed E-state index contributed by atoms with van der Waals surface area (Å²) >= 11 is 6.15. The molecule has 1 aliphatic heterocycles. The summed E-state index contributed by atoms with van der Waals surface area (Å²) < 4.78 is 35.2. The fourth-order valence-corrected chi connectivity index (χ4v) is 2.77. The lowest BCUT2D eigenvalue weighted by molar-refractivity contribution is 0.171. The predicted molar refractivity (Wildman–Crippen MR) is 81.6 cm³/mol. The van der Waals surface area contributed by atoms with Gasteiger partial charge in [-0.25, -0.2) is 13.1 Å². The number of halogens is 1. The van der Waals surface area contributed by atoms with Gasteiger partial charge in [-0.05, 0) is 30.7 Å². The van der Waals surface area contributed by atoms with Crippen LogP contribution in [0.2, 0.25) is 5.02 Å². The highest BCUT2D eigenvalue weighted by atomic mass is 35.5. The molecule has 21 heavy (non-hydrogen) atoms. The van der Waals surface area contributed by atoms with E-state index in [1.54, 1.807) is 0 Å². The Hall–Kier alpha value is -1.02. The van der Waals surface area contributed by atoms with Gasteiger partial charge in [0.05, 0.1) is 11.3 Å². The summed E-state index contributed by atoms with van der Waals surface area (Å²) in [5.41, 5.74) is 1.00. The fourth-order valence-electron chi connectivity index (χ4n) is 1.97. The Morgan fingerprint density at radius 2 is 2.00 bits per heavy atom. The summed E-state index contributed by atoms with van der Waals surface area (Å²) in [6.07, 6.45) is 1.86. The Balaban J connectivity index is 1.77. The molecule has 1 aromatic rings. The normalized spacial score (nSPS) is 14.2. The van der Waals surface area contributed by atoms with Gasteiger partial charge in [0.1, 0.15) is 13.2 Å². The van der Waals surface area contributed by atoms with Gasteiger partial charge in [-0.1, -0.05) is 11.6 Å². The lowest BCUT2D eigenvalue weighted by Gasteiger charge is -2.20. The second-order valence-electron chi connectivity index (χ2n) is 4.80. The lowest BCUT2D eigenvalue weighted by atomic mass is 10.2. The summed E-state index contributed by atoms with van der Waals surface area (Å²) in [7, 11) is -3.11. The Bertz CT molecular complexity index is 592. The van der Waals surface area contributed by atoms with Gasteiger partial charge in [-0.15, -0.1) is 0 Å². The molecule has 1 aliphatic rings. The van der Waals surface area contributed by atoms with E-state index in [-0.39, 0.29) is 0 Å². The van der Waals surface area contributed by atoms with E-state index >= 15 is 0 Å². The zero-order valence-corrected chi connectivity index (χ0v) is 13.4. The van der Waals surface area contributed by atoms with Crippen LogP contribution in [0.25, 0.3) is 0 Å². The van der Waals surface area contributed by atoms with Gasteiger partial charge >= 0.3 is 0 Å². The van der Waals surface area contributed by atoms with Crippen LogP contribution >= 0.6 is 11.6 Å². The molecule has 118 valence electrons. The lowest BCUT2D eigenvalue weighted by Crippen LogP contribution is -2.26. The summed E-state index contributed by atoms with van der Waals surface area (Å²) in [6.45, 7) is 2.80. The molecular formula is C13H19ClN2O4S. The summed E-state index contributed by atoms with van der Waals surface area (Å²) in [6, 6.07) is 3.75. The van der Waals surface area contributed by atoms with Crippen molar-refractivity contribution in [2.45, 2.75) is 13.0 Å². The van der Waals surface area contributed by atoms with Crippen LogP contribution in [0.5, 0.6) is 11.5 Å². The van der Waals surface area contributed by atoms with Crippen LogP contribution in [0.3, 0.4) is 0 Å². The van der Waals surface area contributed by atoms with Crippen molar-refractivity contribution < 1.29 is 17.9 Å². The third-order valence-electron chi connectivity index (χ3n) is 2.88. The number of rotatable bonds is 7. The summed E-state index contributed by atoms with van der Waals surface area (Å²) in [5.74, 6) is 1.27. The van der Waals surface area contributed by atoms with Gasteiger partial charge in [0.2, 0.25) is 10.0 Å². The highest BCUT2D eigenvalue weighted by Crippen LogP contribution is 2.38. The Kier molecular flexibility index (Phi) is 5.69. The number of fused-ring (bicyclic) bond motifs is 1. The van der Waals surface area contributed by atoms with Crippen molar-refractivity contribution in [1.82, 2.24) is 10.0 Å². The molecule has 1 aromatic carbocycles. The monoisotopic (exact) mass is 334 g/mol. The molecule has 0 saturated heterocycles. The third kappa shape index (κ3) is 5.35. The van der Waals surface area contributed by atoms with E-state index in [1.807, 2.05) is 12.1 Å². The first-order valence-electron chi connectivity index (χ1n) is 6.69. The molecule has 8 heteroatoms. The van der Waals surface area contributed by atoms with Gasteiger partial charge < -0.3 is 14.8 Å². The van der Waals surface area contributed by atoms with Crippen LogP contribution in [0.15, 0.2) is 12.1 Å². The second-order valence-corrected chi connectivity index (χ2v) is 7.04. The average Bonchev–Trinajstić information content (AvgIpc) is 2.41. The first kappa shape index (κ1) is 16.4. The highest BCUT2D eigenvalue weighted by Gasteiger charge is 2.16. The molecule has 0 amide bonds. The van der Waals surface area contributed by atoms with Crippen LogP contribution in [-0.2, 0) is 16.6 Å². The molecule has 0 aliphatic carbocycles. The van der Waals surface area contributed by atoms with Gasteiger partial charge in [0, 0.05) is 13.1 Å². The van der Waals surface area contributed by atoms with E-state index in [0.29, 0.717) is 55.8 Å². The van der Waals surface area contributed by atoms with Gasteiger partial charge in [-0.3, -0.25) is 0 Å². The van der Waals surface area contributed by atoms with Gasteiger partial charge in [0.15, 0.2) is 11.5 Å². The smallest absolute Gasteiger partial charge is 0.208 e. The first-order chi connectivity index (χ1) is 9.96. The van der Waals surface area contributed by atoms with Crippen molar-refractivity contribution in [1.29, 1.82) is 0 Å². The van der Waals surface area contributed by atoms with Crippen LogP contribution in [0.1, 0.15) is 12.0 Å². The van der Waals surface area contributed by atoms with E-state index in [2.05, 4.69) is 10.0 Å². The maximum atomic E-state index is 10.9. The SMILES string of the molecule is CS(=O)(=O)NCCCNCc1cc(Cl)c2c(c1)OCCO2. The van der Waals surface area contributed by atoms with Crippen molar-refractivity contribution in [3.63, 3.8) is 0 Å². The van der Waals surface area contributed by atoms with Crippen LogP contribution in [-0.4, -0.2) is 41.0 Å². The van der Waals surface area contributed by atoms with Crippen molar-refractivity contribution >= 4 is 21.6 Å². The maximum absolute atomic E-state index is 10.9. The van der Waals surface area contributed by atoms with Crippen molar-refractivity contribution in [3.05, 3.63) is 22.7 Å². The molecule has 0 saturated carbocycles. The van der Waals surface area contributed by atoms with E-state index in [4.69, 9.17) is 21.1 Å².